The van der Waals surface area contributed by atoms with Crippen LogP contribution in [0, 0.1) is 0 Å². The summed E-state index contributed by atoms with van der Waals surface area (Å²) in [7, 11) is -0.0705. The van der Waals surface area contributed by atoms with E-state index in [1.807, 2.05) is 24.3 Å². The van der Waals surface area contributed by atoms with Crippen LogP contribution in [0.15, 0.2) is 36.4 Å². The zero-order chi connectivity index (χ0) is 11.5. The summed E-state index contributed by atoms with van der Waals surface area (Å²) in [6, 6.07) is 7.95. The molecule has 1 unspecified atom stereocenters. The molecule has 3 rings (SSSR count). The van der Waals surface area contributed by atoms with E-state index in [9.17, 15) is 0 Å². The maximum absolute atomic E-state index is 5.90. The molecule has 1 heterocycles. The lowest BCUT2D eigenvalue weighted by Crippen LogP contribution is -2.31. The number of allylic oxidation sites excluding steroid dienone is 2. The van der Waals surface area contributed by atoms with Crippen LogP contribution in [-0.4, -0.2) is 7.12 Å². The Labute approximate surface area is 103 Å². The summed E-state index contributed by atoms with van der Waals surface area (Å²) in [6.07, 6.45) is 10.5. The van der Waals surface area contributed by atoms with Gasteiger partial charge in [0, 0.05) is 5.82 Å². The molecule has 0 fully saturated rings. The van der Waals surface area contributed by atoms with E-state index >= 15 is 0 Å². The Bertz CT molecular complexity index is 391. The van der Waals surface area contributed by atoms with Crippen molar-refractivity contribution in [1.82, 2.24) is 0 Å². The number of hydrogen-bond acceptors (Lipinski definition) is 2. The lowest BCUT2D eigenvalue weighted by atomic mass is 9.66. The number of benzene rings is 1. The van der Waals surface area contributed by atoms with Gasteiger partial charge in [-0.15, -0.1) is 0 Å². The summed E-state index contributed by atoms with van der Waals surface area (Å²) in [6.45, 7) is 0. The smallest absolute Gasteiger partial charge is 0.523 e. The first-order valence-electron chi connectivity index (χ1n) is 6.51. The molecule has 0 saturated heterocycles. The van der Waals surface area contributed by atoms with Crippen LogP contribution in [0.4, 0.5) is 0 Å². The van der Waals surface area contributed by atoms with E-state index in [0.29, 0.717) is 5.82 Å². The summed E-state index contributed by atoms with van der Waals surface area (Å²) in [5.74, 6) is 2.32. The fraction of sp³-hybridized carbons (Fsp3) is 0.429. The fourth-order valence-corrected chi connectivity index (χ4v) is 2.57. The number of hydrogen-bond donors (Lipinski definition) is 0. The third-order valence-corrected chi connectivity index (χ3v) is 3.54. The monoisotopic (exact) mass is 228 g/mol. The van der Waals surface area contributed by atoms with Gasteiger partial charge in [0.05, 0.1) is 0 Å². The molecule has 3 heteroatoms. The van der Waals surface area contributed by atoms with Crippen LogP contribution in [0.1, 0.15) is 32.1 Å². The van der Waals surface area contributed by atoms with Gasteiger partial charge in [-0.1, -0.05) is 24.3 Å². The van der Waals surface area contributed by atoms with Crippen molar-refractivity contribution in [2.24, 2.45) is 0 Å². The van der Waals surface area contributed by atoms with E-state index in [0.717, 1.165) is 24.3 Å². The molecule has 2 aliphatic rings. The predicted octanol–water partition coefficient (Wildman–Crippen LogP) is 3.84. The summed E-state index contributed by atoms with van der Waals surface area (Å²) >= 11 is 0. The lowest BCUT2D eigenvalue weighted by Gasteiger charge is -2.18. The Kier molecular flexibility index (Phi) is 3.08. The highest BCUT2D eigenvalue weighted by molar-refractivity contribution is 6.49. The molecule has 17 heavy (non-hydrogen) atoms. The molecule has 0 radical (unpaired) electrons. The van der Waals surface area contributed by atoms with Crippen molar-refractivity contribution >= 4 is 7.12 Å². The molecule has 2 nitrogen and oxygen atoms in total. The van der Waals surface area contributed by atoms with Crippen LogP contribution >= 0.6 is 0 Å². The Balaban J connectivity index is 1.69. The van der Waals surface area contributed by atoms with Gasteiger partial charge in [0.25, 0.3) is 0 Å². The first kappa shape index (κ1) is 10.8. The second-order valence-electron chi connectivity index (χ2n) is 4.79. The Morgan fingerprint density at radius 1 is 0.941 bits per heavy atom. The minimum atomic E-state index is -0.0705. The van der Waals surface area contributed by atoms with Gasteiger partial charge in [-0.3, -0.25) is 0 Å². The maximum atomic E-state index is 5.90. The molecule has 1 aromatic rings. The predicted molar refractivity (Wildman–Crippen MR) is 69.4 cm³/mol. The highest BCUT2D eigenvalue weighted by atomic mass is 16.6. The minimum absolute atomic E-state index is 0.0705. The highest BCUT2D eigenvalue weighted by Crippen LogP contribution is 2.38. The van der Waals surface area contributed by atoms with Crippen LogP contribution in [0.2, 0.25) is 5.82 Å². The standard InChI is InChI=1S/C14H17BO2/c1-2-4-8-12(9-5-3-1)15-16-13-10-6-7-11-14(13)17-15/h1-2,6-7,10-12H,3-5,8-9H2/b2-1-. The van der Waals surface area contributed by atoms with Crippen molar-refractivity contribution < 1.29 is 9.31 Å². The van der Waals surface area contributed by atoms with E-state index in [1.165, 1.54) is 19.3 Å². The quantitative estimate of drug-likeness (QED) is 0.537. The molecule has 0 bridgehead atoms. The molecule has 88 valence electrons. The maximum Gasteiger partial charge on any atom is 0.598 e. The van der Waals surface area contributed by atoms with Crippen LogP contribution in [0.3, 0.4) is 0 Å². The Hall–Kier alpha value is -1.38. The highest BCUT2D eigenvalue weighted by Gasteiger charge is 2.39. The molecule has 1 aliphatic carbocycles. The van der Waals surface area contributed by atoms with Crippen LogP contribution in [0.25, 0.3) is 0 Å². The van der Waals surface area contributed by atoms with E-state index in [1.54, 1.807) is 0 Å². The molecular formula is C14H17BO2. The summed E-state index contributed by atoms with van der Waals surface area (Å²) in [5, 5.41) is 0. The van der Waals surface area contributed by atoms with Gasteiger partial charge in [-0.25, -0.2) is 0 Å². The molecule has 0 N–H and O–H groups in total. The number of fused-ring (bicyclic) bond motifs is 1. The van der Waals surface area contributed by atoms with Crippen molar-refractivity contribution in [3.8, 4) is 11.5 Å². The molecule has 0 aromatic heterocycles. The molecular weight excluding hydrogens is 211 g/mol. The molecule has 1 aliphatic heterocycles. The first-order chi connectivity index (χ1) is 8.43. The van der Waals surface area contributed by atoms with Gasteiger partial charge in [-0.05, 0) is 44.2 Å². The van der Waals surface area contributed by atoms with Gasteiger partial charge in [0.1, 0.15) is 11.5 Å². The van der Waals surface area contributed by atoms with Crippen molar-refractivity contribution in [3.05, 3.63) is 36.4 Å². The lowest BCUT2D eigenvalue weighted by molar-refractivity contribution is 0.445. The first-order valence-corrected chi connectivity index (χ1v) is 6.51. The molecule has 1 aromatic carbocycles. The number of rotatable bonds is 1. The Morgan fingerprint density at radius 3 is 2.41 bits per heavy atom. The third kappa shape index (κ3) is 2.33. The average Bonchev–Trinajstić information content (AvgIpc) is 2.71. The minimum Gasteiger partial charge on any atom is -0.523 e. The van der Waals surface area contributed by atoms with E-state index in [-0.39, 0.29) is 7.12 Å². The van der Waals surface area contributed by atoms with Crippen molar-refractivity contribution in [3.63, 3.8) is 0 Å². The van der Waals surface area contributed by atoms with E-state index in [4.69, 9.17) is 9.31 Å². The van der Waals surface area contributed by atoms with Gasteiger partial charge in [-0.2, -0.15) is 0 Å². The van der Waals surface area contributed by atoms with Gasteiger partial charge in [0.15, 0.2) is 0 Å². The van der Waals surface area contributed by atoms with Gasteiger partial charge in [0.2, 0.25) is 0 Å². The Morgan fingerprint density at radius 2 is 1.65 bits per heavy atom. The third-order valence-electron chi connectivity index (χ3n) is 3.54. The van der Waals surface area contributed by atoms with Crippen LogP contribution in [-0.2, 0) is 0 Å². The van der Waals surface area contributed by atoms with E-state index in [2.05, 4.69) is 12.2 Å². The summed E-state index contributed by atoms with van der Waals surface area (Å²) in [4.78, 5) is 0. The van der Waals surface area contributed by atoms with Crippen LogP contribution in [0.5, 0.6) is 11.5 Å². The number of para-hydroxylation sites is 2. The van der Waals surface area contributed by atoms with Crippen molar-refractivity contribution in [2.75, 3.05) is 0 Å². The zero-order valence-electron chi connectivity index (χ0n) is 9.97. The second kappa shape index (κ2) is 4.86. The van der Waals surface area contributed by atoms with Gasteiger partial charge >= 0.3 is 7.12 Å². The molecule has 1 atom stereocenters. The second-order valence-corrected chi connectivity index (χ2v) is 4.79. The van der Waals surface area contributed by atoms with Crippen LogP contribution < -0.4 is 9.31 Å². The van der Waals surface area contributed by atoms with Crippen molar-refractivity contribution in [1.29, 1.82) is 0 Å². The topological polar surface area (TPSA) is 18.5 Å². The SMILES string of the molecule is C1=C\CCC(B2Oc3ccccc3O2)CCC/1. The fourth-order valence-electron chi connectivity index (χ4n) is 2.57. The largest absolute Gasteiger partial charge is 0.598 e. The van der Waals surface area contributed by atoms with Crippen molar-refractivity contribution in [2.45, 2.75) is 37.9 Å². The summed E-state index contributed by atoms with van der Waals surface area (Å²) in [5.41, 5.74) is 0. The zero-order valence-corrected chi connectivity index (χ0v) is 9.97. The average molecular weight is 228 g/mol. The molecule has 0 spiro atoms. The van der Waals surface area contributed by atoms with E-state index < -0.39 is 0 Å². The molecule has 0 saturated carbocycles. The van der Waals surface area contributed by atoms with Gasteiger partial charge < -0.3 is 9.31 Å². The molecule has 0 amide bonds. The normalized spacial score (nSPS) is 25.2. The summed E-state index contributed by atoms with van der Waals surface area (Å²) < 4.78 is 11.8.